The summed E-state index contributed by atoms with van der Waals surface area (Å²) in [6.07, 6.45) is 1.98. The van der Waals surface area contributed by atoms with Crippen LogP contribution < -0.4 is 4.74 Å². The van der Waals surface area contributed by atoms with Gasteiger partial charge in [-0.1, -0.05) is 24.3 Å². The van der Waals surface area contributed by atoms with E-state index in [4.69, 9.17) is 9.72 Å². The van der Waals surface area contributed by atoms with Crippen molar-refractivity contribution in [3.63, 3.8) is 0 Å². The third-order valence-electron chi connectivity index (χ3n) is 5.73. The Labute approximate surface area is 180 Å². The number of hydrogen-bond donors (Lipinski definition) is 0. The smallest absolute Gasteiger partial charge is 0.229 e. The van der Waals surface area contributed by atoms with Crippen LogP contribution in [0.25, 0.3) is 11.3 Å². The number of para-hydroxylation sites is 1. The van der Waals surface area contributed by atoms with Crippen molar-refractivity contribution >= 4 is 17.2 Å². The predicted octanol–water partition coefficient (Wildman–Crippen LogP) is 5.47. The Hall–Kier alpha value is -2.73. The molecule has 1 aliphatic heterocycles. The van der Waals surface area contributed by atoms with E-state index in [1.165, 1.54) is 12.1 Å². The maximum Gasteiger partial charge on any atom is 0.229 e. The number of methoxy groups -OCH3 is 1. The van der Waals surface area contributed by atoms with E-state index in [9.17, 15) is 9.18 Å². The number of halogens is 1. The first-order valence-corrected chi connectivity index (χ1v) is 11.1. The molecule has 4 nitrogen and oxygen atoms in total. The van der Waals surface area contributed by atoms with Gasteiger partial charge in [0.1, 0.15) is 11.6 Å². The normalized spacial score (nSPS) is 17.6. The summed E-state index contributed by atoms with van der Waals surface area (Å²) in [5.74, 6) is 0.558. The Morgan fingerprint density at radius 1 is 1.23 bits per heavy atom. The maximum absolute atomic E-state index is 13.2. The van der Waals surface area contributed by atoms with E-state index in [1.807, 2.05) is 36.1 Å². The lowest BCUT2D eigenvalue weighted by atomic mass is 9.95. The molecule has 1 aromatic heterocycles. The first-order chi connectivity index (χ1) is 14.6. The van der Waals surface area contributed by atoms with Gasteiger partial charge >= 0.3 is 0 Å². The largest absolute Gasteiger partial charge is 0.496 e. The van der Waals surface area contributed by atoms with Crippen LogP contribution in [0.2, 0.25) is 0 Å². The minimum Gasteiger partial charge on any atom is -0.496 e. The molecule has 0 spiro atoms. The van der Waals surface area contributed by atoms with E-state index in [0.29, 0.717) is 6.54 Å². The summed E-state index contributed by atoms with van der Waals surface area (Å²) >= 11 is 1.64. The zero-order valence-corrected chi connectivity index (χ0v) is 18.0. The second kappa shape index (κ2) is 8.96. The Balaban J connectivity index is 1.48. The molecule has 3 aromatic rings. The summed E-state index contributed by atoms with van der Waals surface area (Å²) < 4.78 is 18.7. The number of ether oxygens (including phenoxy) is 1. The SMILES string of the molecule is COc1ccccc1-c1csc(C2CCCN(C(=O)C(C)c3ccc(F)cc3)C2)n1. The van der Waals surface area contributed by atoms with Gasteiger partial charge in [-0.25, -0.2) is 9.37 Å². The van der Waals surface area contributed by atoms with Gasteiger partial charge in [-0.05, 0) is 49.6 Å². The molecule has 156 valence electrons. The molecule has 1 fully saturated rings. The van der Waals surface area contributed by atoms with E-state index in [-0.39, 0.29) is 23.6 Å². The molecule has 1 amide bonds. The van der Waals surface area contributed by atoms with Crippen LogP contribution >= 0.6 is 11.3 Å². The molecule has 2 atom stereocenters. The van der Waals surface area contributed by atoms with E-state index >= 15 is 0 Å². The summed E-state index contributed by atoms with van der Waals surface area (Å²) in [4.78, 5) is 19.9. The van der Waals surface area contributed by atoms with Crippen LogP contribution in [0.5, 0.6) is 5.75 Å². The fourth-order valence-corrected chi connectivity index (χ4v) is 4.95. The molecular formula is C24H25FN2O2S. The molecule has 2 heterocycles. The maximum atomic E-state index is 13.2. The molecule has 6 heteroatoms. The highest BCUT2D eigenvalue weighted by Gasteiger charge is 2.29. The summed E-state index contributed by atoms with van der Waals surface area (Å²) in [5.41, 5.74) is 2.74. The molecule has 0 N–H and O–H groups in total. The number of carbonyl (C=O) groups is 1. The molecule has 0 aliphatic carbocycles. The van der Waals surface area contributed by atoms with Crippen molar-refractivity contribution in [2.75, 3.05) is 20.2 Å². The van der Waals surface area contributed by atoms with Crippen molar-refractivity contribution in [3.05, 3.63) is 70.3 Å². The number of hydrogen-bond acceptors (Lipinski definition) is 4. The molecule has 2 aromatic carbocycles. The monoisotopic (exact) mass is 424 g/mol. The topological polar surface area (TPSA) is 42.4 Å². The van der Waals surface area contributed by atoms with Gasteiger partial charge in [0.25, 0.3) is 0 Å². The van der Waals surface area contributed by atoms with Crippen LogP contribution in [0.1, 0.15) is 42.2 Å². The molecule has 0 saturated carbocycles. The standard InChI is InChI=1S/C24H25FN2O2S/c1-16(17-9-11-19(25)12-10-17)24(28)27-13-5-6-18(14-27)23-26-21(15-30-23)20-7-3-4-8-22(20)29-2/h3-4,7-12,15-16,18H,5-6,13-14H2,1-2H3. The number of nitrogens with zero attached hydrogens (tertiary/aromatic N) is 2. The third-order valence-corrected chi connectivity index (χ3v) is 6.73. The van der Waals surface area contributed by atoms with Gasteiger partial charge in [-0.15, -0.1) is 11.3 Å². The van der Waals surface area contributed by atoms with Gasteiger partial charge in [0, 0.05) is 30.0 Å². The van der Waals surface area contributed by atoms with Crippen molar-refractivity contribution in [1.82, 2.24) is 9.88 Å². The highest BCUT2D eigenvalue weighted by molar-refractivity contribution is 7.10. The average Bonchev–Trinajstić information content (AvgIpc) is 3.29. The second-order valence-corrected chi connectivity index (χ2v) is 8.56. The lowest BCUT2D eigenvalue weighted by molar-refractivity contribution is -0.133. The van der Waals surface area contributed by atoms with Crippen LogP contribution in [0.3, 0.4) is 0 Å². The van der Waals surface area contributed by atoms with Crippen molar-refractivity contribution in [1.29, 1.82) is 0 Å². The van der Waals surface area contributed by atoms with Gasteiger partial charge in [0.2, 0.25) is 5.91 Å². The van der Waals surface area contributed by atoms with Crippen LogP contribution in [-0.4, -0.2) is 36.0 Å². The molecule has 4 rings (SSSR count). The van der Waals surface area contributed by atoms with Gasteiger partial charge in [0.05, 0.1) is 23.7 Å². The number of benzene rings is 2. The average molecular weight is 425 g/mol. The molecule has 2 unspecified atom stereocenters. The molecular weight excluding hydrogens is 399 g/mol. The van der Waals surface area contributed by atoms with Gasteiger partial charge < -0.3 is 9.64 Å². The van der Waals surface area contributed by atoms with E-state index in [1.54, 1.807) is 30.6 Å². The molecule has 30 heavy (non-hydrogen) atoms. The number of thiazole rings is 1. The second-order valence-electron chi connectivity index (χ2n) is 7.67. The molecule has 0 radical (unpaired) electrons. The third kappa shape index (κ3) is 4.24. The summed E-state index contributed by atoms with van der Waals surface area (Å²) in [6, 6.07) is 14.1. The molecule has 0 bridgehead atoms. The zero-order chi connectivity index (χ0) is 21.1. The van der Waals surface area contributed by atoms with Crippen LogP contribution in [0, 0.1) is 5.82 Å². The van der Waals surface area contributed by atoms with Crippen molar-refractivity contribution in [2.24, 2.45) is 0 Å². The fraction of sp³-hybridized carbons (Fsp3) is 0.333. The van der Waals surface area contributed by atoms with Crippen LogP contribution in [0.15, 0.2) is 53.9 Å². The van der Waals surface area contributed by atoms with Gasteiger partial charge in [-0.3, -0.25) is 4.79 Å². The highest BCUT2D eigenvalue weighted by atomic mass is 32.1. The summed E-state index contributed by atoms with van der Waals surface area (Å²) in [5, 5.41) is 3.12. The van der Waals surface area contributed by atoms with Crippen molar-refractivity contribution < 1.29 is 13.9 Å². The summed E-state index contributed by atoms with van der Waals surface area (Å²) in [7, 11) is 1.67. The van der Waals surface area contributed by atoms with Crippen molar-refractivity contribution in [3.8, 4) is 17.0 Å². The Bertz CT molecular complexity index is 1020. The number of carbonyl (C=O) groups excluding carboxylic acids is 1. The first-order valence-electron chi connectivity index (χ1n) is 10.2. The number of amides is 1. The highest BCUT2D eigenvalue weighted by Crippen LogP contribution is 2.35. The first kappa shape index (κ1) is 20.5. The Morgan fingerprint density at radius 3 is 2.77 bits per heavy atom. The number of piperidine rings is 1. The Morgan fingerprint density at radius 2 is 2.00 bits per heavy atom. The van der Waals surface area contributed by atoms with Crippen molar-refractivity contribution in [2.45, 2.75) is 31.6 Å². The predicted molar refractivity (Wildman–Crippen MR) is 117 cm³/mol. The number of likely N-dealkylation sites (tertiary alicyclic amines) is 1. The number of rotatable bonds is 5. The van der Waals surface area contributed by atoms with Gasteiger partial charge in [0.15, 0.2) is 0 Å². The molecule has 1 saturated heterocycles. The summed E-state index contributed by atoms with van der Waals surface area (Å²) in [6.45, 7) is 3.32. The fourth-order valence-electron chi connectivity index (χ4n) is 4.00. The molecule has 1 aliphatic rings. The van der Waals surface area contributed by atoms with E-state index in [0.717, 1.165) is 47.0 Å². The van der Waals surface area contributed by atoms with Crippen LogP contribution in [-0.2, 0) is 4.79 Å². The Kier molecular flexibility index (Phi) is 6.13. The quantitative estimate of drug-likeness (QED) is 0.546. The zero-order valence-electron chi connectivity index (χ0n) is 17.2. The van der Waals surface area contributed by atoms with E-state index in [2.05, 4.69) is 5.38 Å². The van der Waals surface area contributed by atoms with Gasteiger partial charge in [-0.2, -0.15) is 0 Å². The lowest BCUT2D eigenvalue weighted by Gasteiger charge is -2.33. The minimum atomic E-state index is -0.287. The minimum absolute atomic E-state index is 0.0906. The van der Waals surface area contributed by atoms with Crippen LogP contribution in [0.4, 0.5) is 4.39 Å². The number of aromatic nitrogens is 1. The lowest BCUT2D eigenvalue weighted by Crippen LogP contribution is -2.41. The van der Waals surface area contributed by atoms with E-state index < -0.39 is 0 Å².